The molecule has 0 saturated carbocycles. The van der Waals surface area contributed by atoms with Crippen molar-refractivity contribution in [1.29, 1.82) is 0 Å². The Bertz CT molecular complexity index is 787. The fourth-order valence-electron chi connectivity index (χ4n) is 3.40. The third-order valence-electron chi connectivity index (χ3n) is 4.56. The van der Waals surface area contributed by atoms with E-state index in [-0.39, 0.29) is 24.7 Å². The van der Waals surface area contributed by atoms with Gasteiger partial charge in [0.05, 0.1) is 19.3 Å². The molecule has 5 heteroatoms. The van der Waals surface area contributed by atoms with Gasteiger partial charge in [0.2, 0.25) is 0 Å². The molecule has 3 rings (SSSR count). The number of amides is 1. The molecule has 0 aromatic heterocycles. The zero-order valence-corrected chi connectivity index (χ0v) is 15.4. The predicted octanol–water partition coefficient (Wildman–Crippen LogP) is 3.56. The highest BCUT2D eigenvalue weighted by Gasteiger charge is 2.33. The molecule has 1 atom stereocenters. The number of aliphatic hydroxyl groups excluding tert-OH is 1. The molecule has 1 amide bonds. The van der Waals surface area contributed by atoms with Gasteiger partial charge < -0.3 is 19.5 Å². The molecule has 138 valence electrons. The number of carbonyl (C=O) groups excluding carboxylic acids is 1. The van der Waals surface area contributed by atoms with Crippen LogP contribution < -0.4 is 9.47 Å². The van der Waals surface area contributed by atoms with Gasteiger partial charge in [-0.15, -0.1) is 0 Å². The molecule has 0 radical (unpaired) electrons. The van der Waals surface area contributed by atoms with Crippen LogP contribution in [0.5, 0.6) is 11.5 Å². The number of carbonyl (C=O) groups is 1. The van der Waals surface area contributed by atoms with Crippen molar-refractivity contribution >= 4 is 5.91 Å². The minimum atomic E-state index is -0.222. The lowest BCUT2D eigenvalue weighted by Crippen LogP contribution is -2.30. The quantitative estimate of drug-likeness (QED) is 0.825. The van der Waals surface area contributed by atoms with E-state index in [4.69, 9.17) is 9.47 Å². The van der Waals surface area contributed by atoms with Crippen LogP contribution >= 0.6 is 0 Å². The Morgan fingerprint density at radius 3 is 2.58 bits per heavy atom. The monoisotopic (exact) mass is 355 g/mol. The predicted molar refractivity (Wildman–Crippen MR) is 99.5 cm³/mol. The van der Waals surface area contributed by atoms with E-state index in [9.17, 15) is 9.90 Å². The smallest absolute Gasteiger partial charge is 0.255 e. The van der Waals surface area contributed by atoms with Crippen LogP contribution in [0.3, 0.4) is 0 Å². The number of rotatable bonds is 7. The third-order valence-corrected chi connectivity index (χ3v) is 4.56. The highest BCUT2D eigenvalue weighted by Crippen LogP contribution is 2.37. The van der Waals surface area contributed by atoms with E-state index >= 15 is 0 Å². The lowest BCUT2D eigenvalue weighted by Gasteiger charge is -2.28. The molecule has 0 aliphatic carbocycles. The van der Waals surface area contributed by atoms with Crippen molar-refractivity contribution in [1.82, 2.24) is 4.90 Å². The van der Waals surface area contributed by atoms with E-state index in [1.165, 1.54) is 0 Å². The molecule has 5 nitrogen and oxygen atoms in total. The molecule has 1 unspecified atom stereocenters. The Kier molecular flexibility index (Phi) is 5.47. The maximum absolute atomic E-state index is 12.9. The van der Waals surface area contributed by atoms with Crippen LogP contribution in [-0.2, 0) is 6.54 Å². The Hall–Kier alpha value is -2.53. The van der Waals surface area contributed by atoms with Crippen molar-refractivity contribution in [3.05, 3.63) is 59.2 Å². The molecular weight excluding hydrogens is 330 g/mol. The first-order chi connectivity index (χ1) is 12.5. The normalized spacial score (nSPS) is 14.5. The summed E-state index contributed by atoms with van der Waals surface area (Å²) in [6, 6.07) is 13.1. The second kappa shape index (κ2) is 7.79. The van der Waals surface area contributed by atoms with Crippen molar-refractivity contribution in [2.45, 2.75) is 39.0 Å². The van der Waals surface area contributed by atoms with E-state index in [1.54, 1.807) is 7.11 Å². The van der Waals surface area contributed by atoms with Gasteiger partial charge in [0, 0.05) is 18.7 Å². The molecule has 0 spiro atoms. The number of hydrogen-bond donors (Lipinski definition) is 1. The lowest BCUT2D eigenvalue weighted by atomic mass is 10.0. The second-order valence-corrected chi connectivity index (χ2v) is 6.70. The molecule has 1 aliphatic rings. The van der Waals surface area contributed by atoms with Crippen LogP contribution in [0.15, 0.2) is 42.5 Å². The maximum Gasteiger partial charge on any atom is 0.255 e. The Morgan fingerprint density at radius 1 is 1.15 bits per heavy atom. The fourth-order valence-corrected chi connectivity index (χ4v) is 3.40. The summed E-state index contributed by atoms with van der Waals surface area (Å²) >= 11 is 0. The van der Waals surface area contributed by atoms with Gasteiger partial charge in [-0.05, 0) is 49.6 Å². The molecule has 2 aromatic rings. The van der Waals surface area contributed by atoms with Gasteiger partial charge in [0.25, 0.3) is 5.91 Å². The van der Waals surface area contributed by atoms with Crippen LogP contribution in [0.1, 0.15) is 47.8 Å². The first kappa shape index (κ1) is 18.3. The van der Waals surface area contributed by atoms with E-state index < -0.39 is 0 Å². The summed E-state index contributed by atoms with van der Waals surface area (Å²) < 4.78 is 11.2. The molecule has 2 aromatic carbocycles. The molecular formula is C21H25NO4. The molecule has 0 fully saturated rings. The van der Waals surface area contributed by atoms with Gasteiger partial charge in [0.15, 0.2) is 11.5 Å². The van der Waals surface area contributed by atoms with Crippen LogP contribution in [0.2, 0.25) is 0 Å². The molecule has 26 heavy (non-hydrogen) atoms. The van der Waals surface area contributed by atoms with Gasteiger partial charge in [-0.1, -0.05) is 24.3 Å². The van der Waals surface area contributed by atoms with Gasteiger partial charge in [-0.2, -0.15) is 0 Å². The number of nitrogens with zero attached hydrogens (tertiary/aromatic N) is 1. The summed E-state index contributed by atoms with van der Waals surface area (Å²) in [7, 11) is 1.61. The molecule has 0 saturated heterocycles. The van der Waals surface area contributed by atoms with Crippen LogP contribution in [0.4, 0.5) is 0 Å². The summed E-state index contributed by atoms with van der Waals surface area (Å²) in [5.74, 6) is 1.30. The average molecular weight is 355 g/mol. The summed E-state index contributed by atoms with van der Waals surface area (Å²) in [6.07, 6.45) is 0.473. The van der Waals surface area contributed by atoms with Crippen molar-refractivity contribution in [2.24, 2.45) is 0 Å². The Labute approximate surface area is 154 Å². The number of fused-ring (bicyclic) bond motifs is 1. The third kappa shape index (κ3) is 3.53. The Balaban J connectivity index is 1.95. The average Bonchev–Trinajstić information content (AvgIpc) is 2.96. The summed E-state index contributed by atoms with van der Waals surface area (Å²) in [4.78, 5) is 14.7. The Morgan fingerprint density at radius 2 is 1.92 bits per heavy atom. The van der Waals surface area contributed by atoms with Crippen molar-refractivity contribution in [3.8, 4) is 11.5 Å². The summed E-state index contributed by atoms with van der Waals surface area (Å²) in [6.45, 7) is 4.46. The summed E-state index contributed by atoms with van der Waals surface area (Å²) in [5, 5.41) is 9.58. The van der Waals surface area contributed by atoms with Crippen LogP contribution in [0.25, 0.3) is 0 Å². The minimum Gasteiger partial charge on any atom is -0.493 e. The summed E-state index contributed by atoms with van der Waals surface area (Å²) in [5.41, 5.74) is 2.69. The SMILES string of the molecule is COc1ccc(C(CCO)N2Cc3ccccc3C2=O)cc1OC(C)C. The fraction of sp³-hybridized carbons (Fsp3) is 0.381. The van der Waals surface area contributed by atoms with Gasteiger partial charge >= 0.3 is 0 Å². The van der Waals surface area contributed by atoms with Crippen molar-refractivity contribution in [3.63, 3.8) is 0 Å². The number of ether oxygens (including phenoxy) is 2. The van der Waals surface area contributed by atoms with Crippen molar-refractivity contribution < 1.29 is 19.4 Å². The number of methoxy groups -OCH3 is 1. The van der Waals surface area contributed by atoms with Crippen LogP contribution in [0, 0.1) is 0 Å². The highest BCUT2D eigenvalue weighted by molar-refractivity contribution is 5.98. The van der Waals surface area contributed by atoms with Gasteiger partial charge in [-0.25, -0.2) is 0 Å². The molecule has 1 N–H and O–H groups in total. The second-order valence-electron chi connectivity index (χ2n) is 6.70. The lowest BCUT2D eigenvalue weighted by molar-refractivity contribution is 0.0670. The first-order valence-corrected chi connectivity index (χ1v) is 8.89. The van der Waals surface area contributed by atoms with Gasteiger partial charge in [0.1, 0.15) is 0 Å². The number of aliphatic hydroxyl groups is 1. The van der Waals surface area contributed by atoms with Crippen LogP contribution in [-0.4, -0.2) is 35.7 Å². The van der Waals surface area contributed by atoms with E-state index in [0.29, 0.717) is 24.5 Å². The molecule has 0 bridgehead atoms. The first-order valence-electron chi connectivity index (χ1n) is 8.89. The zero-order valence-electron chi connectivity index (χ0n) is 15.4. The molecule has 1 aliphatic heterocycles. The minimum absolute atomic E-state index is 0.00111. The van der Waals surface area contributed by atoms with E-state index in [2.05, 4.69) is 0 Å². The number of hydrogen-bond acceptors (Lipinski definition) is 4. The molecule has 1 heterocycles. The van der Waals surface area contributed by atoms with E-state index in [0.717, 1.165) is 16.7 Å². The standard InChI is InChI=1S/C21H25NO4/c1-14(2)26-20-12-15(8-9-19(20)25-3)18(10-11-23)22-13-16-6-4-5-7-17(16)21(22)24/h4-9,12,14,18,23H,10-11,13H2,1-3H3. The van der Waals surface area contributed by atoms with E-state index in [1.807, 2.05) is 61.2 Å². The largest absolute Gasteiger partial charge is 0.493 e. The van der Waals surface area contributed by atoms with Crippen molar-refractivity contribution in [2.75, 3.05) is 13.7 Å². The highest BCUT2D eigenvalue weighted by atomic mass is 16.5. The zero-order chi connectivity index (χ0) is 18.7. The topological polar surface area (TPSA) is 59.0 Å². The number of benzene rings is 2. The maximum atomic E-state index is 12.9. The van der Waals surface area contributed by atoms with Gasteiger partial charge in [-0.3, -0.25) is 4.79 Å².